The van der Waals surface area contributed by atoms with E-state index in [0.29, 0.717) is 19.3 Å². The van der Waals surface area contributed by atoms with Crippen LogP contribution in [0.3, 0.4) is 0 Å². The van der Waals surface area contributed by atoms with Crippen molar-refractivity contribution in [1.82, 2.24) is 5.32 Å². The van der Waals surface area contributed by atoms with Gasteiger partial charge in [-0.2, -0.15) is 0 Å². The zero-order valence-electron chi connectivity index (χ0n) is 11.0. The highest BCUT2D eigenvalue weighted by Gasteiger charge is 2.03. The second kappa shape index (κ2) is 8.09. The van der Waals surface area contributed by atoms with Crippen molar-refractivity contribution in [2.24, 2.45) is 0 Å². The van der Waals surface area contributed by atoms with Gasteiger partial charge in [0.15, 0.2) is 0 Å². The summed E-state index contributed by atoms with van der Waals surface area (Å²) < 4.78 is 11.0. The molecule has 0 unspecified atom stereocenters. The SMILES string of the molecule is CCOCCOc1ccccc1CNC(C)C. The number of nitrogens with one attached hydrogen (secondary N) is 1. The Morgan fingerprint density at radius 2 is 1.94 bits per heavy atom. The summed E-state index contributed by atoms with van der Waals surface area (Å²) in [6, 6.07) is 8.60. The molecule has 0 aliphatic carbocycles. The first-order valence-corrected chi connectivity index (χ1v) is 6.26. The Kier molecular flexibility index (Phi) is 6.67. The van der Waals surface area contributed by atoms with Gasteiger partial charge in [0.1, 0.15) is 12.4 Å². The Hall–Kier alpha value is -1.06. The van der Waals surface area contributed by atoms with Gasteiger partial charge in [0, 0.05) is 24.8 Å². The summed E-state index contributed by atoms with van der Waals surface area (Å²) in [5.74, 6) is 0.945. The number of ether oxygens (including phenoxy) is 2. The van der Waals surface area contributed by atoms with E-state index in [0.717, 1.165) is 18.9 Å². The highest BCUT2D eigenvalue weighted by atomic mass is 16.5. The molecule has 0 atom stereocenters. The van der Waals surface area contributed by atoms with Crippen LogP contribution in [0.25, 0.3) is 0 Å². The largest absolute Gasteiger partial charge is 0.491 e. The Morgan fingerprint density at radius 1 is 1.18 bits per heavy atom. The molecule has 0 amide bonds. The van der Waals surface area contributed by atoms with Crippen LogP contribution in [0.2, 0.25) is 0 Å². The smallest absolute Gasteiger partial charge is 0.123 e. The van der Waals surface area contributed by atoms with E-state index in [4.69, 9.17) is 9.47 Å². The summed E-state index contributed by atoms with van der Waals surface area (Å²) in [5, 5.41) is 3.39. The minimum absolute atomic E-state index is 0.478. The van der Waals surface area contributed by atoms with Crippen molar-refractivity contribution in [3.8, 4) is 5.75 Å². The predicted octanol–water partition coefficient (Wildman–Crippen LogP) is 2.60. The van der Waals surface area contributed by atoms with Gasteiger partial charge in [-0.3, -0.25) is 0 Å². The maximum Gasteiger partial charge on any atom is 0.123 e. The first-order valence-electron chi connectivity index (χ1n) is 6.26. The average molecular weight is 237 g/mol. The summed E-state index contributed by atoms with van der Waals surface area (Å²) >= 11 is 0. The molecule has 1 rings (SSSR count). The topological polar surface area (TPSA) is 30.5 Å². The lowest BCUT2D eigenvalue weighted by Crippen LogP contribution is -2.22. The van der Waals surface area contributed by atoms with Gasteiger partial charge in [-0.15, -0.1) is 0 Å². The van der Waals surface area contributed by atoms with Gasteiger partial charge in [0.25, 0.3) is 0 Å². The molecule has 3 nitrogen and oxygen atoms in total. The van der Waals surface area contributed by atoms with Crippen molar-refractivity contribution in [2.75, 3.05) is 19.8 Å². The van der Waals surface area contributed by atoms with Crippen LogP contribution in [-0.2, 0) is 11.3 Å². The molecule has 1 aromatic carbocycles. The van der Waals surface area contributed by atoms with E-state index in [2.05, 4.69) is 25.2 Å². The van der Waals surface area contributed by atoms with Crippen LogP contribution in [0.4, 0.5) is 0 Å². The van der Waals surface area contributed by atoms with Crippen LogP contribution in [0.15, 0.2) is 24.3 Å². The molecule has 0 fully saturated rings. The molecule has 1 aromatic rings. The third-order valence-electron chi connectivity index (χ3n) is 2.36. The van der Waals surface area contributed by atoms with E-state index in [1.165, 1.54) is 5.56 Å². The molecule has 0 spiro atoms. The summed E-state index contributed by atoms with van der Waals surface area (Å²) in [7, 11) is 0. The number of para-hydroxylation sites is 1. The minimum Gasteiger partial charge on any atom is -0.491 e. The van der Waals surface area contributed by atoms with Gasteiger partial charge >= 0.3 is 0 Å². The van der Waals surface area contributed by atoms with Gasteiger partial charge in [-0.1, -0.05) is 32.0 Å². The summed E-state index contributed by atoms with van der Waals surface area (Å²) in [4.78, 5) is 0. The first-order chi connectivity index (χ1) is 8.24. The first kappa shape index (κ1) is 14.0. The summed E-state index contributed by atoms with van der Waals surface area (Å²) in [6.07, 6.45) is 0. The van der Waals surface area contributed by atoms with Gasteiger partial charge in [-0.05, 0) is 13.0 Å². The zero-order chi connectivity index (χ0) is 12.5. The molecule has 3 heteroatoms. The molecule has 1 N–H and O–H groups in total. The monoisotopic (exact) mass is 237 g/mol. The Bertz CT molecular complexity index is 313. The average Bonchev–Trinajstić information content (AvgIpc) is 2.33. The molecular formula is C14H23NO2. The second-order valence-corrected chi connectivity index (χ2v) is 4.19. The van der Waals surface area contributed by atoms with Crippen LogP contribution in [0.5, 0.6) is 5.75 Å². The van der Waals surface area contributed by atoms with Crippen molar-refractivity contribution < 1.29 is 9.47 Å². The van der Waals surface area contributed by atoms with Gasteiger partial charge < -0.3 is 14.8 Å². The molecule has 0 radical (unpaired) electrons. The highest BCUT2D eigenvalue weighted by Crippen LogP contribution is 2.17. The molecule has 0 saturated carbocycles. The molecule has 96 valence electrons. The van der Waals surface area contributed by atoms with Crippen molar-refractivity contribution in [3.63, 3.8) is 0 Å². The van der Waals surface area contributed by atoms with E-state index >= 15 is 0 Å². The molecule has 17 heavy (non-hydrogen) atoms. The van der Waals surface area contributed by atoms with E-state index < -0.39 is 0 Å². The second-order valence-electron chi connectivity index (χ2n) is 4.19. The Balaban J connectivity index is 2.46. The molecule has 0 heterocycles. The van der Waals surface area contributed by atoms with E-state index in [1.54, 1.807) is 0 Å². The van der Waals surface area contributed by atoms with Crippen molar-refractivity contribution in [2.45, 2.75) is 33.4 Å². The van der Waals surface area contributed by atoms with Crippen molar-refractivity contribution in [1.29, 1.82) is 0 Å². The fraction of sp³-hybridized carbons (Fsp3) is 0.571. The van der Waals surface area contributed by atoms with Gasteiger partial charge in [-0.25, -0.2) is 0 Å². The fourth-order valence-corrected chi connectivity index (χ4v) is 1.46. The lowest BCUT2D eigenvalue weighted by atomic mass is 10.2. The highest BCUT2D eigenvalue weighted by molar-refractivity contribution is 5.33. The number of hydrogen-bond donors (Lipinski definition) is 1. The van der Waals surface area contributed by atoms with Crippen molar-refractivity contribution in [3.05, 3.63) is 29.8 Å². The van der Waals surface area contributed by atoms with Crippen LogP contribution in [-0.4, -0.2) is 25.9 Å². The normalized spacial score (nSPS) is 10.8. The molecule has 0 aliphatic heterocycles. The lowest BCUT2D eigenvalue weighted by molar-refractivity contribution is 0.110. The Morgan fingerprint density at radius 3 is 2.65 bits per heavy atom. The fourth-order valence-electron chi connectivity index (χ4n) is 1.46. The summed E-state index contributed by atoms with van der Waals surface area (Å²) in [6.45, 7) is 9.08. The number of rotatable bonds is 8. The quantitative estimate of drug-likeness (QED) is 0.705. The van der Waals surface area contributed by atoms with Crippen LogP contribution in [0, 0.1) is 0 Å². The standard InChI is InChI=1S/C14H23NO2/c1-4-16-9-10-17-14-8-6-5-7-13(14)11-15-12(2)3/h5-8,12,15H,4,9-11H2,1-3H3. The molecule has 0 saturated heterocycles. The number of benzene rings is 1. The predicted molar refractivity (Wildman–Crippen MR) is 70.4 cm³/mol. The molecule has 0 aromatic heterocycles. The maximum absolute atomic E-state index is 5.71. The molecular weight excluding hydrogens is 214 g/mol. The van der Waals surface area contributed by atoms with E-state index in [-0.39, 0.29) is 0 Å². The van der Waals surface area contributed by atoms with E-state index in [9.17, 15) is 0 Å². The molecule has 0 aliphatic rings. The maximum atomic E-state index is 5.71. The van der Waals surface area contributed by atoms with Crippen LogP contribution < -0.4 is 10.1 Å². The Labute approximate surface area is 104 Å². The lowest BCUT2D eigenvalue weighted by Gasteiger charge is -2.13. The zero-order valence-corrected chi connectivity index (χ0v) is 11.0. The van der Waals surface area contributed by atoms with Crippen LogP contribution in [0.1, 0.15) is 26.3 Å². The van der Waals surface area contributed by atoms with E-state index in [1.807, 2.05) is 25.1 Å². The third kappa shape index (κ3) is 5.71. The number of hydrogen-bond acceptors (Lipinski definition) is 3. The van der Waals surface area contributed by atoms with Gasteiger partial charge in [0.05, 0.1) is 6.61 Å². The minimum atomic E-state index is 0.478. The van der Waals surface area contributed by atoms with Crippen molar-refractivity contribution >= 4 is 0 Å². The summed E-state index contributed by atoms with van der Waals surface area (Å²) in [5.41, 5.74) is 1.19. The third-order valence-corrected chi connectivity index (χ3v) is 2.36. The molecule has 0 bridgehead atoms. The van der Waals surface area contributed by atoms with Gasteiger partial charge in [0.2, 0.25) is 0 Å². The van der Waals surface area contributed by atoms with Crippen LogP contribution >= 0.6 is 0 Å².